The number of benzene rings is 1. The van der Waals surface area contributed by atoms with Gasteiger partial charge in [0.15, 0.2) is 0 Å². The van der Waals surface area contributed by atoms with Gasteiger partial charge in [0.05, 0.1) is 16.7 Å². The number of pyridine rings is 1. The van der Waals surface area contributed by atoms with E-state index in [0.29, 0.717) is 23.8 Å². The summed E-state index contributed by atoms with van der Waals surface area (Å²) < 4.78 is 3.55. The summed E-state index contributed by atoms with van der Waals surface area (Å²) in [6.07, 6.45) is 3.84. The van der Waals surface area contributed by atoms with Crippen LogP contribution < -0.4 is 11.0 Å². The van der Waals surface area contributed by atoms with Gasteiger partial charge in [-0.15, -0.1) is 0 Å². The fourth-order valence-electron chi connectivity index (χ4n) is 4.20. The summed E-state index contributed by atoms with van der Waals surface area (Å²) in [5, 5.41) is 12.8. The lowest BCUT2D eigenvalue weighted by atomic mass is 10.2. The molecule has 0 radical (unpaired) electrons. The lowest BCUT2D eigenvalue weighted by molar-refractivity contribution is 0.244. The van der Waals surface area contributed by atoms with Crippen LogP contribution in [0.3, 0.4) is 0 Å². The van der Waals surface area contributed by atoms with E-state index >= 15 is 0 Å². The van der Waals surface area contributed by atoms with Crippen molar-refractivity contribution in [1.29, 1.82) is 5.26 Å². The number of hydrogen-bond donors (Lipinski definition) is 1. The highest BCUT2D eigenvalue weighted by Gasteiger charge is 2.25. The van der Waals surface area contributed by atoms with Crippen LogP contribution in [0.1, 0.15) is 25.3 Å². The van der Waals surface area contributed by atoms with Gasteiger partial charge in [0.25, 0.3) is 0 Å². The minimum absolute atomic E-state index is 0.00947. The lowest BCUT2D eigenvalue weighted by Crippen LogP contribution is -2.36. The number of nitriles is 1. The second-order valence-electron chi connectivity index (χ2n) is 7.34. The Bertz CT molecular complexity index is 1160. The predicted molar refractivity (Wildman–Crippen MR) is 115 cm³/mol. The van der Waals surface area contributed by atoms with Gasteiger partial charge in [-0.1, -0.05) is 18.5 Å². The third-order valence-corrected chi connectivity index (χ3v) is 6.03. The zero-order valence-corrected chi connectivity index (χ0v) is 17.3. The summed E-state index contributed by atoms with van der Waals surface area (Å²) in [5.74, 6) is 0. The lowest BCUT2D eigenvalue weighted by Gasteiger charge is -2.23. The van der Waals surface area contributed by atoms with Crippen LogP contribution in [0.15, 0.2) is 35.3 Å². The number of imidazole rings is 1. The van der Waals surface area contributed by atoms with Crippen molar-refractivity contribution in [1.82, 2.24) is 19.0 Å². The van der Waals surface area contributed by atoms with E-state index in [1.807, 2.05) is 22.8 Å². The fraction of sp³-hybridized carbons (Fsp3) is 0.381. The van der Waals surface area contributed by atoms with Crippen molar-refractivity contribution >= 4 is 34.0 Å². The summed E-state index contributed by atoms with van der Waals surface area (Å²) in [6.45, 7) is 4.93. The summed E-state index contributed by atoms with van der Waals surface area (Å²) in [7, 11) is 1.80. The molecule has 0 amide bonds. The summed E-state index contributed by atoms with van der Waals surface area (Å²) in [4.78, 5) is 19.3. The van der Waals surface area contributed by atoms with E-state index in [-0.39, 0.29) is 10.8 Å². The van der Waals surface area contributed by atoms with Gasteiger partial charge in [0.2, 0.25) is 0 Å². The Hall–Kier alpha value is -2.82. The van der Waals surface area contributed by atoms with E-state index in [1.165, 1.54) is 6.42 Å². The molecule has 1 aliphatic heterocycles. The molecule has 29 heavy (non-hydrogen) atoms. The minimum atomic E-state index is -0.00947. The average molecular weight is 411 g/mol. The van der Waals surface area contributed by atoms with Crippen LogP contribution in [0.4, 0.5) is 11.4 Å². The first-order valence-corrected chi connectivity index (χ1v) is 10.2. The quantitative estimate of drug-likeness (QED) is 0.651. The number of nitrogens with zero attached hydrogens (tertiary/aromatic N) is 5. The topological polar surface area (TPSA) is 78.9 Å². The van der Waals surface area contributed by atoms with Gasteiger partial charge >= 0.3 is 5.69 Å². The van der Waals surface area contributed by atoms with E-state index in [4.69, 9.17) is 11.6 Å². The Morgan fingerprint density at radius 3 is 2.93 bits per heavy atom. The summed E-state index contributed by atoms with van der Waals surface area (Å²) in [5.41, 5.74) is 3.42. The Morgan fingerprint density at radius 1 is 1.34 bits per heavy atom. The predicted octanol–water partition coefficient (Wildman–Crippen LogP) is 3.49. The van der Waals surface area contributed by atoms with Crippen molar-refractivity contribution in [2.24, 2.45) is 7.05 Å². The molecule has 1 saturated heterocycles. The maximum atomic E-state index is 12.9. The molecule has 3 aromatic rings. The van der Waals surface area contributed by atoms with Gasteiger partial charge < -0.3 is 5.32 Å². The highest BCUT2D eigenvalue weighted by Crippen LogP contribution is 2.27. The number of aromatic nitrogens is 3. The van der Waals surface area contributed by atoms with Crippen LogP contribution in [0, 0.1) is 11.3 Å². The third-order valence-electron chi connectivity index (χ3n) is 5.74. The molecule has 1 atom stereocenters. The van der Waals surface area contributed by atoms with Crippen LogP contribution in [-0.2, 0) is 13.6 Å². The molecule has 0 saturated carbocycles. The van der Waals surface area contributed by atoms with E-state index in [9.17, 15) is 10.1 Å². The van der Waals surface area contributed by atoms with Crippen molar-refractivity contribution < 1.29 is 0 Å². The Balaban J connectivity index is 1.73. The molecule has 2 aromatic heterocycles. The number of likely N-dealkylation sites (tertiary alicyclic amines) is 1. The molecule has 8 heteroatoms. The summed E-state index contributed by atoms with van der Waals surface area (Å²) in [6, 6.07) is 9.96. The normalized spacial score (nSPS) is 17.0. The van der Waals surface area contributed by atoms with Gasteiger partial charge in [0, 0.05) is 31.5 Å². The molecule has 7 nitrogen and oxygen atoms in total. The molecular weight excluding hydrogens is 388 g/mol. The van der Waals surface area contributed by atoms with Crippen LogP contribution >= 0.6 is 11.6 Å². The van der Waals surface area contributed by atoms with Gasteiger partial charge in [-0.25, -0.2) is 9.78 Å². The molecular formula is C21H23ClN6O. The molecule has 4 rings (SSSR count). The average Bonchev–Trinajstić information content (AvgIpc) is 3.26. The van der Waals surface area contributed by atoms with E-state index < -0.39 is 0 Å². The second-order valence-corrected chi connectivity index (χ2v) is 7.70. The largest absolute Gasteiger partial charge is 0.354 e. The maximum absolute atomic E-state index is 12.9. The first-order chi connectivity index (χ1) is 14.0. The van der Waals surface area contributed by atoms with Crippen molar-refractivity contribution in [2.45, 2.75) is 32.4 Å². The fourth-order valence-corrected chi connectivity index (χ4v) is 4.40. The first kappa shape index (κ1) is 19.5. The van der Waals surface area contributed by atoms with Crippen molar-refractivity contribution in [3.63, 3.8) is 0 Å². The summed E-state index contributed by atoms with van der Waals surface area (Å²) >= 11 is 6.04. The number of fused-ring (bicyclic) bond motifs is 1. The van der Waals surface area contributed by atoms with Crippen molar-refractivity contribution in [3.8, 4) is 6.07 Å². The molecule has 1 fully saturated rings. The van der Waals surface area contributed by atoms with Crippen LogP contribution in [0.5, 0.6) is 0 Å². The number of anilines is 2. The Kier molecular flexibility index (Phi) is 5.31. The monoisotopic (exact) mass is 410 g/mol. The number of hydrogen-bond acceptors (Lipinski definition) is 5. The number of rotatable bonds is 5. The zero-order chi connectivity index (χ0) is 20.5. The van der Waals surface area contributed by atoms with E-state index in [0.717, 1.165) is 36.2 Å². The number of aryl methyl sites for hydroxylation is 1. The second kappa shape index (κ2) is 7.90. The standard InChI is InChI=1S/C21H23ClN6O/c1-3-27-10-4-5-15(27)13-28-19-11-14(6-7-18(19)26(2)21(28)29)25-17-8-9-24-20(22)16(17)12-23/h6-9,11,15H,3-5,10,13H2,1-2H3,(H,24,25)/t15-/m0/s1. The molecule has 0 bridgehead atoms. The first-order valence-electron chi connectivity index (χ1n) is 9.78. The molecule has 0 unspecified atom stereocenters. The molecule has 1 aliphatic rings. The van der Waals surface area contributed by atoms with E-state index in [2.05, 4.69) is 28.2 Å². The Morgan fingerprint density at radius 2 is 2.17 bits per heavy atom. The van der Waals surface area contributed by atoms with Gasteiger partial charge in [0.1, 0.15) is 16.8 Å². The maximum Gasteiger partial charge on any atom is 0.328 e. The number of nitrogens with one attached hydrogen (secondary N) is 1. The molecule has 1 aromatic carbocycles. The molecule has 1 N–H and O–H groups in total. The van der Waals surface area contributed by atoms with E-state index in [1.54, 1.807) is 23.9 Å². The van der Waals surface area contributed by atoms with Gasteiger partial charge in [-0.05, 0) is 50.2 Å². The third kappa shape index (κ3) is 3.50. The molecule has 3 heterocycles. The van der Waals surface area contributed by atoms with Crippen molar-refractivity contribution in [2.75, 3.05) is 18.4 Å². The highest BCUT2D eigenvalue weighted by atomic mass is 35.5. The van der Waals surface area contributed by atoms with Crippen LogP contribution in [0.2, 0.25) is 5.15 Å². The molecule has 0 spiro atoms. The van der Waals surface area contributed by atoms with Crippen LogP contribution in [0.25, 0.3) is 11.0 Å². The number of likely N-dealkylation sites (N-methyl/N-ethyl adjacent to an activating group) is 1. The molecule has 150 valence electrons. The van der Waals surface area contributed by atoms with Crippen LogP contribution in [-0.4, -0.2) is 38.1 Å². The SMILES string of the molecule is CCN1CCC[C@H]1Cn1c(=O)n(C)c2ccc(Nc3ccnc(Cl)c3C#N)cc21. The highest BCUT2D eigenvalue weighted by molar-refractivity contribution is 6.31. The van der Waals surface area contributed by atoms with Gasteiger partial charge in [-0.3, -0.25) is 14.0 Å². The Labute approximate surface area is 174 Å². The molecule has 0 aliphatic carbocycles. The minimum Gasteiger partial charge on any atom is -0.354 e. The smallest absolute Gasteiger partial charge is 0.328 e. The number of halogens is 1. The zero-order valence-electron chi connectivity index (χ0n) is 16.5. The van der Waals surface area contributed by atoms with Crippen molar-refractivity contribution in [3.05, 3.63) is 51.7 Å². The van der Waals surface area contributed by atoms with Gasteiger partial charge in [-0.2, -0.15) is 5.26 Å².